The number of phenolic OH excluding ortho intramolecular Hbond substituents is 1. The Morgan fingerprint density at radius 1 is 0.941 bits per heavy atom. The lowest BCUT2D eigenvalue weighted by Crippen LogP contribution is -2.04. The van der Waals surface area contributed by atoms with Gasteiger partial charge in [-0.1, -0.05) is 71.6 Å². The lowest BCUT2D eigenvalue weighted by molar-refractivity contribution is -0.384. The molecule has 0 aliphatic carbocycles. The van der Waals surface area contributed by atoms with Crippen molar-refractivity contribution in [1.29, 1.82) is 0 Å². The number of phenols is 1. The van der Waals surface area contributed by atoms with E-state index < -0.39 is 4.92 Å². The van der Waals surface area contributed by atoms with Crippen LogP contribution in [-0.2, 0) is 0 Å². The van der Waals surface area contributed by atoms with Crippen LogP contribution in [0.2, 0.25) is 0 Å². The Kier molecular flexibility index (Phi) is 12.5. The van der Waals surface area contributed by atoms with Gasteiger partial charge in [-0.3, -0.25) is 15.5 Å². The van der Waals surface area contributed by atoms with Crippen LogP contribution >= 0.6 is 0 Å². The molecule has 0 heterocycles. The summed E-state index contributed by atoms with van der Waals surface area (Å²) < 4.78 is 5.82. The Morgan fingerprint density at radius 2 is 1.56 bits per heavy atom. The fraction of sp³-hybridized carbons (Fsp3) is 0.519. The highest BCUT2D eigenvalue weighted by atomic mass is 16.6. The molecule has 0 unspecified atom stereocenters. The Labute approximate surface area is 203 Å². The summed E-state index contributed by atoms with van der Waals surface area (Å²) in [5, 5.41) is 25.6. The number of benzene rings is 2. The van der Waals surface area contributed by atoms with Crippen LogP contribution in [-0.4, -0.2) is 22.3 Å². The number of aromatic hydroxyl groups is 1. The molecule has 0 amide bonds. The third-order valence-electron chi connectivity index (χ3n) is 5.78. The smallest absolute Gasteiger partial charge is 0.269 e. The number of unbranched alkanes of at least 4 members (excludes halogenated alkanes) is 9. The van der Waals surface area contributed by atoms with Gasteiger partial charge in [-0.05, 0) is 37.1 Å². The van der Waals surface area contributed by atoms with Gasteiger partial charge in [0.25, 0.3) is 5.69 Å². The molecule has 186 valence electrons. The fourth-order valence-electron chi connectivity index (χ4n) is 3.74. The van der Waals surface area contributed by atoms with Gasteiger partial charge in [-0.25, -0.2) is 0 Å². The number of nitrogens with one attached hydrogen (secondary N) is 1. The van der Waals surface area contributed by atoms with Gasteiger partial charge in [0.05, 0.1) is 22.9 Å². The Bertz CT molecular complexity index is 897. The largest absolute Gasteiger partial charge is 0.507 e. The first-order valence-electron chi connectivity index (χ1n) is 12.6. The number of anilines is 1. The maximum absolute atomic E-state index is 10.8. The first-order chi connectivity index (χ1) is 16.5. The Morgan fingerprint density at radius 3 is 2.12 bits per heavy atom. The van der Waals surface area contributed by atoms with E-state index in [1.165, 1.54) is 69.9 Å². The molecule has 2 aromatic rings. The topological polar surface area (TPSA) is 97.0 Å². The molecule has 0 spiro atoms. The quantitative estimate of drug-likeness (QED) is 0.106. The van der Waals surface area contributed by atoms with Crippen LogP contribution in [0.15, 0.2) is 47.6 Å². The van der Waals surface area contributed by atoms with Gasteiger partial charge in [-0.15, -0.1) is 0 Å². The van der Waals surface area contributed by atoms with E-state index >= 15 is 0 Å². The third kappa shape index (κ3) is 9.81. The Hall–Kier alpha value is -3.09. The second-order valence-corrected chi connectivity index (χ2v) is 8.54. The van der Waals surface area contributed by atoms with E-state index in [0.29, 0.717) is 35.7 Å². The molecular formula is C27H39N3O4. The van der Waals surface area contributed by atoms with Crippen LogP contribution < -0.4 is 10.2 Å². The van der Waals surface area contributed by atoms with Crippen molar-refractivity contribution in [3.8, 4) is 11.5 Å². The van der Waals surface area contributed by atoms with Gasteiger partial charge >= 0.3 is 0 Å². The summed E-state index contributed by atoms with van der Waals surface area (Å²) in [6.07, 6.45) is 13.4. The lowest BCUT2D eigenvalue weighted by atomic mass is 10.1. The number of hydrazone groups is 1. The van der Waals surface area contributed by atoms with E-state index in [1.807, 2.05) is 19.1 Å². The van der Waals surface area contributed by atoms with Crippen LogP contribution in [0.3, 0.4) is 0 Å². The molecule has 0 aliphatic heterocycles. The van der Waals surface area contributed by atoms with Gasteiger partial charge < -0.3 is 9.84 Å². The maximum atomic E-state index is 10.8. The number of hydrogen-bond donors (Lipinski definition) is 2. The van der Waals surface area contributed by atoms with Crippen molar-refractivity contribution in [2.75, 3.05) is 12.0 Å². The molecule has 0 fully saturated rings. The molecule has 0 saturated carbocycles. The molecule has 0 atom stereocenters. The van der Waals surface area contributed by atoms with Crippen LogP contribution in [0.5, 0.6) is 11.5 Å². The average molecular weight is 470 g/mol. The molecule has 34 heavy (non-hydrogen) atoms. The first kappa shape index (κ1) is 27.2. The fourth-order valence-corrected chi connectivity index (χ4v) is 3.74. The number of rotatable bonds is 17. The lowest BCUT2D eigenvalue weighted by Gasteiger charge is -2.11. The minimum absolute atomic E-state index is 0.0243. The summed E-state index contributed by atoms with van der Waals surface area (Å²) in [5.41, 5.74) is 4.86. The standard InChI is InChI=1S/C27H39N3O4/c1-3-5-6-7-8-9-10-11-12-13-20-34-24-18-19-25(27(31)21-24)26(4-2)29-28-22-14-16-23(17-15-22)30(32)33/h14-19,21,28,31H,3-13,20H2,1-2H3/b29-26-. The third-order valence-corrected chi connectivity index (χ3v) is 5.78. The van der Waals surface area contributed by atoms with Gasteiger partial charge in [-0.2, -0.15) is 5.10 Å². The van der Waals surface area contributed by atoms with E-state index in [9.17, 15) is 15.2 Å². The Balaban J connectivity index is 1.75. The molecule has 0 saturated heterocycles. The SMILES string of the molecule is CCCCCCCCCCCCOc1ccc(/C(CC)=N\Nc2ccc([N+](=O)[O-])cc2)c(O)c1. The van der Waals surface area contributed by atoms with Crippen molar-refractivity contribution in [2.24, 2.45) is 5.10 Å². The molecule has 2 rings (SSSR count). The number of ether oxygens (including phenoxy) is 1. The maximum Gasteiger partial charge on any atom is 0.269 e. The van der Waals surface area contributed by atoms with Crippen LogP contribution in [0.25, 0.3) is 0 Å². The van der Waals surface area contributed by atoms with E-state index in [0.717, 1.165) is 6.42 Å². The van der Waals surface area contributed by atoms with Crippen LogP contribution in [0.1, 0.15) is 90.0 Å². The number of hydrogen-bond acceptors (Lipinski definition) is 6. The molecule has 2 N–H and O–H groups in total. The van der Waals surface area contributed by atoms with Crippen molar-refractivity contribution >= 4 is 17.1 Å². The number of non-ortho nitro benzene ring substituents is 1. The van der Waals surface area contributed by atoms with E-state index in [2.05, 4.69) is 17.5 Å². The second kappa shape index (κ2) is 15.7. The second-order valence-electron chi connectivity index (χ2n) is 8.54. The zero-order valence-corrected chi connectivity index (χ0v) is 20.6. The van der Waals surface area contributed by atoms with E-state index in [-0.39, 0.29) is 11.4 Å². The highest BCUT2D eigenvalue weighted by Crippen LogP contribution is 2.26. The summed E-state index contributed by atoms with van der Waals surface area (Å²) in [4.78, 5) is 10.3. The highest BCUT2D eigenvalue weighted by Gasteiger charge is 2.10. The van der Waals surface area contributed by atoms with Crippen molar-refractivity contribution < 1.29 is 14.8 Å². The van der Waals surface area contributed by atoms with Gasteiger partial charge in [0.15, 0.2) is 0 Å². The highest BCUT2D eigenvalue weighted by molar-refractivity contribution is 6.03. The average Bonchev–Trinajstić information content (AvgIpc) is 2.84. The summed E-state index contributed by atoms with van der Waals surface area (Å²) in [6, 6.07) is 11.3. The minimum atomic E-state index is -0.442. The molecule has 0 aromatic heterocycles. The summed E-state index contributed by atoms with van der Waals surface area (Å²) in [7, 11) is 0. The van der Waals surface area contributed by atoms with Gasteiger partial charge in [0, 0.05) is 23.8 Å². The van der Waals surface area contributed by atoms with Crippen molar-refractivity contribution in [2.45, 2.75) is 84.5 Å². The van der Waals surface area contributed by atoms with Crippen molar-refractivity contribution in [3.05, 3.63) is 58.1 Å². The molecule has 0 bridgehead atoms. The van der Waals surface area contributed by atoms with Crippen molar-refractivity contribution in [3.63, 3.8) is 0 Å². The first-order valence-corrected chi connectivity index (χ1v) is 12.6. The zero-order valence-electron chi connectivity index (χ0n) is 20.6. The predicted molar refractivity (Wildman–Crippen MR) is 139 cm³/mol. The van der Waals surface area contributed by atoms with Crippen LogP contribution in [0.4, 0.5) is 11.4 Å². The molecule has 2 aromatic carbocycles. The molecular weight excluding hydrogens is 430 g/mol. The van der Waals surface area contributed by atoms with Gasteiger partial charge in [0.1, 0.15) is 11.5 Å². The van der Waals surface area contributed by atoms with E-state index in [1.54, 1.807) is 18.2 Å². The summed E-state index contributed by atoms with van der Waals surface area (Å²) in [5.74, 6) is 0.766. The van der Waals surface area contributed by atoms with Crippen LogP contribution in [0, 0.1) is 10.1 Å². The predicted octanol–water partition coefficient (Wildman–Crippen LogP) is 7.83. The monoisotopic (exact) mass is 469 g/mol. The summed E-state index contributed by atoms with van der Waals surface area (Å²) >= 11 is 0. The van der Waals surface area contributed by atoms with Gasteiger partial charge in [0.2, 0.25) is 0 Å². The van der Waals surface area contributed by atoms with E-state index in [4.69, 9.17) is 4.74 Å². The normalized spacial score (nSPS) is 11.4. The number of nitrogens with zero attached hydrogens (tertiary/aromatic N) is 2. The number of nitro benzene ring substituents is 1. The molecule has 7 heteroatoms. The summed E-state index contributed by atoms with van der Waals surface area (Å²) in [6.45, 7) is 4.84. The zero-order chi connectivity index (χ0) is 24.6. The molecule has 7 nitrogen and oxygen atoms in total. The number of nitro groups is 1. The molecule has 0 radical (unpaired) electrons. The molecule has 0 aliphatic rings. The van der Waals surface area contributed by atoms with Crippen molar-refractivity contribution in [1.82, 2.24) is 0 Å². The minimum Gasteiger partial charge on any atom is -0.507 e.